The van der Waals surface area contributed by atoms with E-state index in [0.29, 0.717) is 18.8 Å². The number of hydrogen-bond acceptors (Lipinski definition) is 3. The van der Waals surface area contributed by atoms with Crippen LogP contribution in [0, 0.1) is 0 Å². The lowest BCUT2D eigenvalue weighted by molar-refractivity contribution is 0.0646. The van der Waals surface area contributed by atoms with E-state index in [-0.39, 0.29) is 11.4 Å². The highest BCUT2D eigenvalue weighted by Gasteiger charge is 2.36. The van der Waals surface area contributed by atoms with Crippen LogP contribution in [0.15, 0.2) is 12.5 Å². The van der Waals surface area contributed by atoms with Crippen molar-refractivity contribution >= 4 is 5.91 Å². The topological polar surface area (TPSA) is 64.2 Å². The van der Waals surface area contributed by atoms with Gasteiger partial charge in [-0.25, -0.2) is 4.98 Å². The quantitative estimate of drug-likeness (QED) is 0.846. The van der Waals surface area contributed by atoms with Crippen LogP contribution in [-0.4, -0.2) is 39.0 Å². The lowest BCUT2D eigenvalue weighted by Gasteiger charge is -2.30. The Kier molecular flexibility index (Phi) is 3.19. The molecule has 1 saturated heterocycles. The number of carbonyl (C=O) groups excluding carboxylic acids is 1. The summed E-state index contributed by atoms with van der Waals surface area (Å²) in [6.07, 6.45) is 5.58. The van der Waals surface area contributed by atoms with Crippen LogP contribution in [0.5, 0.6) is 0 Å². The Morgan fingerprint density at radius 3 is 2.94 bits per heavy atom. The molecule has 0 unspecified atom stereocenters. The Morgan fingerprint density at radius 2 is 2.35 bits per heavy atom. The number of carbonyl (C=O) groups is 1. The van der Waals surface area contributed by atoms with E-state index >= 15 is 0 Å². The van der Waals surface area contributed by atoms with E-state index in [4.69, 9.17) is 5.73 Å². The summed E-state index contributed by atoms with van der Waals surface area (Å²) in [7, 11) is 0. The molecule has 0 bridgehead atoms. The largest absolute Gasteiger partial charge is 0.335 e. The summed E-state index contributed by atoms with van der Waals surface area (Å²) < 4.78 is 1.86. The van der Waals surface area contributed by atoms with E-state index < -0.39 is 0 Å². The summed E-state index contributed by atoms with van der Waals surface area (Å²) in [4.78, 5) is 18.4. The Morgan fingerprint density at radius 1 is 1.59 bits per heavy atom. The van der Waals surface area contributed by atoms with Crippen LogP contribution in [0.25, 0.3) is 0 Å². The van der Waals surface area contributed by atoms with Crippen LogP contribution in [0.3, 0.4) is 0 Å². The number of aromatic nitrogens is 2. The average molecular weight is 236 g/mol. The van der Waals surface area contributed by atoms with E-state index in [0.717, 1.165) is 19.4 Å². The molecular formula is C12H20N4O. The molecule has 1 aliphatic rings. The van der Waals surface area contributed by atoms with Gasteiger partial charge >= 0.3 is 0 Å². The van der Waals surface area contributed by atoms with Crippen LogP contribution in [0.4, 0.5) is 0 Å². The second kappa shape index (κ2) is 4.49. The lowest BCUT2D eigenvalue weighted by Crippen LogP contribution is -2.42. The SMILES string of the molecule is CC1(C)CCCN1C(=O)c1cn(CCN)cn1. The molecule has 5 nitrogen and oxygen atoms in total. The first-order chi connectivity index (χ1) is 8.04. The van der Waals surface area contributed by atoms with Crippen molar-refractivity contribution in [2.75, 3.05) is 13.1 Å². The van der Waals surface area contributed by atoms with Crippen molar-refractivity contribution in [2.45, 2.75) is 38.8 Å². The Labute approximate surface area is 102 Å². The summed E-state index contributed by atoms with van der Waals surface area (Å²) in [5, 5.41) is 0. The lowest BCUT2D eigenvalue weighted by atomic mass is 10.0. The normalized spacial score (nSPS) is 18.6. The number of likely N-dealkylation sites (tertiary alicyclic amines) is 1. The molecule has 0 atom stereocenters. The number of nitrogens with zero attached hydrogens (tertiary/aromatic N) is 3. The zero-order valence-corrected chi connectivity index (χ0v) is 10.5. The monoisotopic (exact) mass is 236 g/mol. The zero-order valence-electron chi connectivity index (χ0n) is 10.5. The molecule has 2 rings (SSSR count). The first-order valence-corrected chi connectivity index (χ1v) is 6.08. The molecule has 1 aliphatic heterocycles. The van der Waals surface area contributed by atoms with E-state index in [2.05, 4.69) is 18.8 Å². The third kappa shape index (κ3) is 2.34. The van der Waals surface area contributed by atoms with Crippen molar-refractivity contribution in [1.29, 1.82) is 0 Å². The smallest absolute Gasteiger partial charge is 0.274 e. The number of rotatable bonds is 3. The summed E-state index contributed by atoms with van der Waals surface area (Å²) in [5.74, 6) is 0.0308. The van der Waals surface area contributed by atoms with Crippen LogP contribution < -0.4 is 5.73 Å². The van der Waals surface area contributed by atoms with Gasteiger partial charge in [-0.3, -0.25) is 4.79 Å². The van der Waals surface area contributed by atoms with Crippen LogP contribution >= 0.6 is 0 Å². The van der Waals surface area contributed by atoms with Gasteiger partial charge in [-0.2, -0.15) is 0 Å². The fourth-order valence-corrected chi connectivity index (χ4v) is 2.36. The van der Waals surface area contributed by atoms with Crippen molar-refractivity contribution in [3.8, 4) is 0 Å². The number of imidazole rings is 1. The van der Waals surface area contributed by atoms with Crippen LogP contribution in [-0.2, 0) is 6.54 Å². The summed E-state index contributed by atoms with van der Waals surface area (Å²) in [6, 6.07) is 0. The minimum atomic E-state index is -0.0469. The number of amides is 1. The molecule has 1 fully saturated rings. The fourth-order valence-electron chi connectivity index (χ4n) is 2.36. The van der Waals surface area contributed by atoms with Gasteiger partial charge in [-0.1, -0.05) is 0 Å². The molecule has 0 spiro atoms. The number of hydrogen-bond donors (Lipinski definition) is 1. The maximum Gasteiger partial charge on any atom is 0.274 e. The highest BCUT2D eigenvalue weighted by Crippen LogP contribution is 2.29. The molecule has 1 aromatic heterocycles. The van der Waals surface area contributed by atoms with E-state index in [1.54, 1.807) is 12.5 Å². The molecule has 0 radical (unpaired) electrons. The van der Waals surface area contributed by atoms with Gasteiger partial charge in [0.25, 0.3) is 5.91 Å². The summed E-state index contributed by atoms with van der Waals surface area (Å²) in [6.45, 7) is 6.29. The first kappa shape index (κ1) is 12.1. The molecule has 94 valence electrons. The average Bonchev–Trinajstić information content (AvgIpc) is 2.84. The van der Waals surface area contributed by atoms with E-state index in [9.17, 15) is 4.79 Å². The molecule has 1 amide bonds. The molecule has 0 aliphatic carbocycles. The standard InChI is InChI=1S/C12H20N4O/c1-12(2)4-3-6-16(12)11(17)10-8-15(7-5-13)9-14-10/h8-9H,3-7,13H2,1-2H3. The maximum absolute atomic E-state index is 12.3. The van der Waals surface area contributed by atoms with Gasteiger partial charge in [0.05, 0.1) is 6.33 Å². The van der Waals surface area contributed by atoms with E-state index in [1.165, 1.54) is 0 Å². The van der Waals surface area contributed by atoms with Crippen molar-refractivity contribution in [1.82, 2.24) is 14.5 Å². The zero-order chi connectivity index (χ0) is 12.5. The third-order valence-corrected chi connectivity index (χ3v) is 3.39. The summed E-state index contributed by atoms with van der Waals surface area (Å²) in [5.41, 5.74) is 5.94. The number of nitrogens with two attached hydrogens (primary N) is 1. The molecule has 0 aromatic carbocycles. The van der Waals surface area contributed by atoms with Gasteiger partial charge < -0.3 is 15.2 Å². The van der Waals surface area contributed by atoms with Crippen LogP contribution in [0.1, 0.15) is 37.2 Å². The molecule has 17 heavy (non-hydrogen) atoms. The molecule has 2 heterocycles. The second-order valence-corrected chi connectivity index (χ2v) is 5.16. The highest BCUT2D eigenvalue weighted by atomic mass is 16.2. The maximum atomic E-state index is 12.3. The summed E-state index contributed by atoms with van der Waals surface area (Å²) >= 11 is 0. The predicted molar refractivity (Wildman–Crippen MR) is 65.6 cm³/mol. The van der Waals surface area contributed by atoms with Crippen molar-refractivity contribution in [3.63, 3.8) is 0 Å². The van der Waals surface area contributed by atoms with Crippen molar-refractivity contribution in [2.24, 2.45) is 5.73 Å². The highest BCUT2D eigenvalue weighted by molar-refractivity contribution is 5.92. The Balaban J connectivity index is 2.13. The van der Waals surface area contributed by atoms with Gasteiger partial charge in [0.2, 0.25) is 0 Å². The second-order valence-electron chi connectivity index (χ2n) is 5.16. The Hall–Kier alpha value is -1.36. The molecular weight excluding hydrogens is 216 g/mol. The van der Waals surface area contributed by atoms with Crippen LogP contribution in [0.2, 0.25) is 0 Å². The molecule has 1 aromatic rings. The van der Waals surface area contributed by atoms with Crippen molar-refractivity contribution < 1.29 is 4.79 Å². The predicted octanol–water partition coefficient (Wildman–Crippen LogP) is 0.856. The minimum absolute atomic E-state index is 0.0308. The molecule has 0 saturated carbocycles. The molecule has 2 N–H and O–H groups in total. The molecule has 5 heteroatoms. The van der Waals surface area contributed by atoms with Crippen molar-refractivity contribution in [3.05, 3.63) is 18.2 Å². The first-order valence-electron chi connectivity index (χ1n) is 6.08. The third-order valence-electron chi connectivity index (χ3n) is 3.39. The van der Waals surface area contributed by atoms with E-state index in [1.807, 2.05) is 9.47 Å². The van der Waals surface area contributed by atoms with Gasteiger partial charge in [0.15, 0.2) is 0 Å². The minimum Gasteiger partial charge on any atom is -0.335 e. The van der Waals surface area contributed by atoms with Gasteiger partial charge in [0, 0.05) is 31.4 Å². The fraction of sp³-hybridized carbons (Fsp3) is 0.667. The van der Waals surface area contributed by atoms with Gasteiger partial charge in [-0.05, 0) is 26.7 Å². The Bertz CT molecular complexity index is 410. The van der Waals surface area contributed by atoms with Gasteiger partial charge in [0.1, 0.15) is 5.69 Å². The van der Waals surface area contributed by atoms with Gasteiger partial charge in [-0.15, -0.1) is 0 Å².